The second kappa shape index (κ2) is 5.10. The molecule has 0 spiro atoms. The van der Waals surface area contributed by atoms with Gasteiger partial charge in [-0.3, -0.25) is 0 Å². The second-order valence-corrected chi connectivity index (χ2v) is 4.74. The Balaban J connectivity index is 2.83. The maximum Gasteiger partial charge on any atom is 0.238 e. The lowest BCUT2D eigenvalue weighted by atomic mass is 10.4. The van der Waals surface area contributed by atoms with Crippen LogP contribution in [0.25, 0.3) is 0 Å². The second-order valence-electron chi connectivity index (χ2n) is 3.14. The number of thioether (sulfide) groups is 1. The molecule has 78 valence electrons. The first-order chi connectivity index (χ1) is 6.63. The van der Waals surface area contributed by atoms with Crippen LogP contribution < -0.4 is 10.5 Å². The zero-order valence-corrected chi connectivity index (χ0v) is 9.60. The quantitative estimate of drug-likeness (QED) is 0.779. The Hall–Kier alpha value is -0.900. The van der Waals surface area contributed by atoms with E-state index in [4.69, 9.17) is 10.5 Å². The third-order valence-corrected chi connectivity index (χ3v) is 2.44. The van der Waals surface area contributed by atoms with E-state index < -0.39 is 0 Å². The summed E-state index contributed by atoms with van der Waals surface area (Å²) < 4.78 is 5.31. The number of nitrogens with two attached hydrogens (primary N) is 1. The summed E-state index contributed by atoms with van der Waals surface area (Å²) in [4.78, 5) is 4.32. The van der Waals surface area contributed by atoms with Gasteiger partial charge < -0.3 is 10.5 Å². The van der Waals surface area contributed by atoms with Crippen molar-refractivity contribution in [2.24, 2.45) is 0 Å². The minimum Gasteiger partial charge on any atom is -0.476 e. The van der Waals surface area contributed by atoms with Crippen LogP contribution in [0.15, 0.2) is 17.2 Å². The molecular weight excluding hydrogens is 196 g/mol. The molecular formula is C10H16N2OS. The van der Waals surface area contributed by atoms with Crippen molar-refractivity contribution >= 4 is 17.4 Å². The Bertz CT molecular complexity index is 302. The van der Waals surface area contributed by atoms with Crippen LogP contribution in [-0.4, -0.2) is 16.8 Å². The molecule has 0 radical (unpaired) electrons. The van der Waals surface area contributed by atoms with Crippen molar-refractivity contribution in [2.45, 2.75) is 31.0 Å². The average molecular weight is 212 g/mol. The molecule has 0 fully saturated rings. The average Bonchev–Trinajstić information content (AvgIpc) is 2.10. The smallest absolute Gasteiger partial charge is 0.238 e. The molecule has 1 aromatic heterocycles. The van der Waals surface area contributed by atoms with E-state index in [0.29, 0.717) is 23.4 Å². The summed E-state index contributed by atoms with van der Waals surface area (Å²) in [5.41, 5.74) is 6.31. The predicted octanol–water partition coefficient (Wildman–Crippen LogP) is 2.56. The van der Waals surface area contributed by atoms with Crippen LogP contribution in [0.5, 0.6) is 5.88 Å². The summed E-state index contributed by atoms with van der Waals surface area (Å²) in [6.45, 7) is 6.77. The van der Waals surface area contributed by atoms with Crippen molar-refractivity contribution < 1.29 is 4.74 Å². The van der Waals surface area contributed by atoms with Crippen LogP contribution in [0.3, 0.4) is 0 Å². The predicted molar refractivity (Wildman–Crippen MR) is 60.8 cm³/mol. The number of nitrogen functional groups attached to an aromatic ring is 1. The van der Waals surface area contributed by atoms with Gasteiger partial charge in [0.05, 0.1) is 12.3 Å². The van der Waals surface area contributed by atoms with Crippen molar-refractivity contribution in [1.29, 1.82) is 0 Å². The first-order valence-electron chi connectivity index (χ1n) is 4.69. The van der Waals surface area contributed by atoms with Gasteiger partial charge >= 0.3 is 0 Å². The number of rotatable bonds is 4. The van der Waals surface area contributed by atoms with Gasteiger partial charge in [0.15, 0.2) is 0 Å². The molecule has 0 saturated heterocycles. The summed E-state index contributed by atoms with van der Waals surface area (Å²) in [5, 5.41) is 1.47. The van der Waals surface area contributed by atoms with Crippen LogP contribution in [0.2, 0.25) is 0 Å². The molecule has 0 bridgehead atoms. The highest BCUT2D eigenvalue weighted by Crippen LogP contribution is 2.26. The van der Waals surface area contributed by atoms with Gasteiger partial charge in [-0.25, -0.2) is 4.98 Å². The SMILES string of the molecule is CCOc1nc(SC(C)C)ccc1N. The summed E-state index contributed by atoms with van der Waals surface area (Å²) in [6.07, 6.45) is 0. The molecule has 1 rings (SSSR count). The Morgan fingerprint density at radius 2 is 2.21 bits per heavy atom. The van der Waals surface area contributed by atoms with Gasteiger partial charge in [0.2, 0.25) is 5.88 Å². The summed E-state index contributed by atoms with van der Waals surface area (Å²) in [7, 11) is 0. The van der Waals surface area contributed by atoms with Crippen molar-refractivity contribution in [3.8, 4) is 5.88 Å². The van der Waals surface area contributed by atoms with Crippen molar-refractivity contribution in [2.75, 3.05) is 12.3 Å². The van der Waals surface area contributed by atoms with Gasteiger partial charge in [-0.2, -0.15) is 0 Å². The van der Waals surface area contributed by atoms with E-state index in [1.54, 1.807) is 11.8 Å². The Labute approximate surface area is 89.1 Å². The van der Waals surface area contributed by atoms with Crippen LogP contribution >= 0.6 is 11.8 Å². The molecule has 2 N–H and O–H groups in total. The monoisotopic (exact) mass is 212 g/mol. The van der Waals surface area contributed by atoms with Crippen molar-refractivity contribution in [3.05, 3.63) is 12.1 Å². The van der Waals surface area contributed by atoms with Gasteiger partial charge in [0.25, 0.3) is 0 Å². The van der Waals surface area contributed by atoms with E-state index in [1.807, 2.05) is 19.1 Å². The summed E-state index contributed by atoms with van der Waals surface area (Å²) in [5.74, 6) is 0.540. The highest BCUT2D eigenvalue weighted by molar-refractivity contribution is 7.99. The Kier molecular flexibility index (Phi) is 4.07. The number of aromatic nitrogens is 1. The first-order valence-corrected chi connectivity index (χ1v) is 5.57. The molecule has 0 aliphatic rings. The Morgan fingerprint density at radius 1 is 1.50 bits per heavy atom. The fraction of sp³-hybridized carbons (Fsp3) is 0.500. The van der Waals surface area contributed by atoms with E-state index in [0.717, 1.165) is 5.03 Å². The zero-order valence-electron chi connectivity index (χ0n) is 8.78. The number of nitrogens with zero attached hydrogens (tertiary/aromatic N) is 1. The molecule has 14 heavy (non-hydrogen) atoms. The third-order valence-electron chi connectivity index (χ3n) is 1.50. The lowest BCUT2D eigenvalue weighted by Gasteiger charge is -2.08. The lowest BCUT2D eigenvalue weighted by molar-refractivity contribution is 0.326. The highest BCUT2D eigenvalue weighted by Gasteiger charge is 2.05. The largest absolute Gasteiger partial charge is 0.476 e. The molecule has 1 aromatic rings. The molecule has 0 unspecified atom stereocenters. The normalized spacial score (nSPS) is 10.6. The van der Waals surface area contributed by atoms with Crippen LogP contribution in [0, 0.1) is 0 Å². The maximum absolute atomic E-state index is 5.71. The minimum absolute atomic E-state index is 0.514. The van der Waals surface area contributed by atoms with Gasteiger partial charge in [-0.1, -0.05) is 13.8 Å². The topological polar surface area (TPSA) is 48.1 Å². The van der Waals surface area contributed by atoms with Crippen molar-refractivity contribution in [1.82, 2.24) is 4.98 Å². The molecule has 3 nitrogen and oxygen atoms in total. The first kappa shape index (κ1) is 11.2. The van der Waals surface area contributed by atoms with Gasteiger partial charge in [-0.05, 0) is 19.1 Å². The Morgan fingerprint density at radius 3 is 2.79 bits per heavy atom. The fourth-order valence-electron chi connectivity index (χ4n) is 0.994. The lowest BCUT2D eigenvalue weighted by Crippen LogP contribution is -2.00. The zero-order chi connectivity index (χ0) is 10.6. The van der Waals surface area contributed by atoms with E-state index in [-0.39, 0.29) is 0 Å². The molecule has 0 aliphatic heterocycles. The van der Waals surface area contributed by atoms with Gasteiger partial charge in [0, 0.05) is 5.25 Å². The van der Waals surface area contributed by atoms with E-state index >= 15 is 0 Å². The molecule has 0 aliphatic carbocycles. The number of ether oxygens (including phenoxy) is 1. The molecule has 0 aromatic carbocycles. The van der Waals surface area contributed by atoms with Crippen LogP contribution in [0.1, 0.15) is 20.8 Å². The van der Waals surface area contributed by atoms with E-state index in [1.165, 1.54) is 0 Å². The molecule has 4 heteroatoms. The van der Waals surface area contributed by atoms with Crippen LogP contribution in [0.4, 0.5) is 5.69 Å². The molecule has 0 amide bonds. The molecule has 0 saturated carbocycles. The minimum atomic E-state index is 0.514. The number of hydrogen-bond donors (Lipinski definition) is 1. The number of pyridine rings is 1. The standard InChI is InChI=1S/C10H16N2OS/c1-4-13-10-8(11)5-6-9(12-10)14-7(2)3/h5-7H,4,11H2,1-3H3. The maximum atomic E-state index is 5.71. The van der Waals surface area contributed by atoms with E-state index in [9.17, 15) is 0 Å². The molecule has 1 heterocycles. The number of anilines is 1. The summed E-state index contributed by atoms with van der Waals surface area (Å²) in [6, 6.07) is 3.76. The molecule has 0 atom stereocenters. The van der Waals surface area contributed by atoms with Crippen LogP contribution in [-0.2, 0) is 0 Å². The summed E-state index contributed by atoms with van der Waals surface area (Å²) >= 11 is 1.70. The van der Waals surface area contributed by atoms with Gasteiger partial charge in [0.1, 0.15) is 5.03 Å². The van der Waals surface area contributed by atoms with Gasteiger partial charge in [-0.15, -0.1) is 11.8 Å². The van der Waals surface area contributed by atoms with E-state index in [2.05, 4.69) is 18.8 Å². The number of hydrogen-bond acceptors (Lipinski definition) is 4. The van der Waals surface area contributed by atoms with Crippen molar-refractivity contribution in [3.63, 3.8) is 0 Å². The third kappa shape index (κ3) is 3.10. The fourth-order valence-corrected chi connectivity index (χ4v) is 1.76. The highest BCUT2D eigenvalue weighted by atomic mass is 32.2.